The third kappa shape index (κ3) is 4.31. The van der Waals surface area contributed by atoms with Crippen LogP contribution in [0.15, 0.2) is 24.3 Å². The number of carboxylic acid groups (broad SMARTS) is 1. The highest BCUT2D eigenvalue weighted by Crippen LogP contribution is 2.16. The molecular formula is C12H16O4. The predicted octanol–water partition coefficient (Wildman–Crippen LogP) is 1.60. The van der Waals surface area contributed by atoms with Crippen LogP contribution in [0.1, 0.15) is 18.9 Å². The van der Waals surface area contributed by atoms with Crippen molar-refractivity contribution in [3.05, 3.63) is 29.8 Å². The Labute approximate surface area is 94.5 Å². The van der Waals surface area contributed by atoms with Gasteiger partial charge in [-0.3, -0.25) is 4.79 Å². The van der Waals surface area contributed by atoms with Gasteiger partial charge in [0.25, 0.3) is 0 Å². The third-order valence-electron chi connectivity index (χ3n) is 2.07. The molecule has 0 radical (unpaired) electrons. The van der Waals surface area contributed by atoms with Gasteiger partial charge in [-0.2, -0.15) is 0 Å². The van der Waals surface area contributed by atoms with Crippen LogP contribution in [0.3, 0.4) is 0 Å². The Bertz CT molecular complexity index is 371. The normalized spacial score (nSPS) is 14.2. The van der Waals surface area contributed by atoms with E-state index in [1.54, 1.807) is 6.07 Å². The van der Waals surface area contributed by atoms with E-state index in [-0.39, 0.29) is 13.0 Å². The fourth-order valence-corrected chi connectivity index (χ4v) is 1.32. The summed E-state index contributed by atoms with van der Waals surface area (Å²) in [4.78, 5) is 10.5. The zero-order chi connectivity index (χ0) is 12.2. The van der Waals surface area contributed by atoms with Crippen molar-refractivity contribution in [2.75, 3.05) is 6.61 Å². The van der Waals surface area contributed by atoms with Crippen LogP contribution < -0.4 is 4.74 Å². The van der Waals surface area contributed by atoms with Crippen LogP contribution in [-0.4, -0.2) is 28.4 Å². The number of carboxylic acids is 1. The number of hydrogen-bond acceptors (Lipinski definition) is 3. The van der Waals surface area contributed by atoms with Crippen molar-refractivity contribution in [3.8, 4) is 5.75 Å². The van der Waals surface area contributed by atoms with E-state index in [2.05, 4.69) is 0 Å². The van der Waals surface area contributed by atoms with E-state index in [4.69, 9.17) is 9.84 Å². The lowest BCUT2D eigenvalue weighted by Gasteiger charge is -2.21. The van der Waals surface area contributed by atoms with Gasteiger partial charge in [0.05, 0.1) is 6.42 Å². The van der Waals surface area contributed by atoms with Gasteiger partial charge in [-0.15, -0.1) is 0 Å². The first kappa shape index (κ1) is 12.5. The van der Waals surface area contributed by atoms with Crippen LogP contribution in [0.4, 0.5) is 0 Å². The number of benzene rings is 1. The Morgan fingerprint density at radius 3 is 2.75 bits per heavy atom. The van der Waals surface area contributed by atoms with E-state index in [1.165, 1.54) is 6.92 Å². The molecule has 1 atom stereocenters. The predicted molar refractivity (Wildman–Crippen MR) is 59.6 cm³/mol. The minimum atomic E-state index is -1.35. The highest BCUT2D eigenvalue weighted by atomic mass is 16.5. The monoisotopic (exact) mass is 224 g/mol. The smallest absolute Gasteiger partial charge is 0.306 e. The minimum absolute atomic E-state index is 0.0389. The first-order valence-electron chi connectivity index (χ1n) is 5.03. The SMILES string of the molecule is Cc1cccc(OCC(C)(O)CC(=O)O)c1. The Morgan fingerprint density at radius 2 is 2.19 bits per heavy atom. The molecule has 0 heterocycles. The van der Waals surface area contributed by atoms with E-state index in [0.717, 1.165) is 5.56 Å². The van der Waals surface area contributed by atoms with E-state index in [0.29, 0.717) is 5.75 Å². The van der Waals surface area contributed by atoms with Gasteiger partial charge in [0.2, 0.25) is 0 Å². The summed E-state index contributed by atoms with van der Waals surface area (Å²) in [5.74, 6) is -0.413. The number of aryl methyl sites for hydroxylation is 1. The summed E-state index contributed by atoms with van der Waals surface area (Å²) in [5.41, 5.74) is -0.300. The first-order chi connectivity index (χ1) is 7.39. The highest BCUT2D eigenvalue weighted by Gasteiger charge is 2.25. The van der Waals surface area contributed by atoms with E-state index in [9.17, 15) is 9.90 Å². The van der Waals surface area contributed by atoms with Crippen molar-refractivity contribution in [1.29, 1.82) is 0 Å². The number of aliphatic carboxylic acids is 1. The van der Waals surface area contributed by atoms with Crippen LogP contribution >= 0.6 is 0 Å². The summed E-state index contributed by atoms with van der Waals surface area (Å²) in [6, 6.07) is 7.37. The van der Waals surface area contributed by atoms with Crippen LogP contribution in [0, 0.1) is 6.92 Å². The molecule has 1 unspecified atom stereocenters. The number of carbonyl (C=O) groups is 1. The molecule has 0 fully saturated rings. The second-order valence-electron chi connectivity index (χ2n) is 4.17. The Hall–Kier alpha value is -1.55. The van der Waals surface area contributed by atoms with Crippen molar-refractivity contribution in [3.63, 3.8) is 0 Å². The molecule has 16 heavy (non-hydrogen) atoms. The summed E-state index contributed by atoms with van der Waals surface area (Å²) in [5, 5.41) is 18.3. The molecule has 0 saturated heterocycles. The Morgan fingerprint density at radius 1 is 1.50 bits per heavy atom. The first-order valence-corrected chi connectivity index (χ1v) is 5.03. The lowest BCUT2D eigenvalue weighted by atomic mass is 10.0. The molecule has 1 rings (SSSR count). The van der Waals surface area contributed by atoms with Crippen LogP contribution in [0.5, 0.6) is 5.75 Å². The van der Waals surface area contributed by atoms with Crippen molar-refractivity contribution in [2.24, 2.45) is 0 Å². The molecule has 0 aliphatic heterocycles. The molecule has 88 valence electrons. The van der Waals surface area contributed by atoms with Crippen molar-refractivity contribution in [1.82, 2.24) is 0 Å². The summed E-state index contributed by atoms with van der Waals surface area (Å²) in [7, 11) is 0. The van der Waals surface area contributed by atoms with Crippen molar-refractivity contribution >= 4 is 5.97 Å². The van der Waals surface area contributed by atoms with Gasteiger partial charge < -0.3 is 14.9 Å². The molecule has 0 amide bonds. The number of rotatable bonds is 5. The van der Waals surface area contributed by atoms with Gasteiger partial charge >= 0.3 is 5.97 Å². The molecule has 2 N–H and O–H groups in total. The highest BCUT2D eigenvalue weighted by molar-refractivity contribution is 5.68. The molecule has 0 saturated carbocycles. The molecule has 1 aromatic rings. The van der Waals surface area contributed by atoms with Gasteiger partial charge in [-0.05, 0) is 31.5 Å². The summed E-state index contributed by atoms with van der Waals surface area (Å²) in [6.07, 6.45) is -0.335. The molecule has 1 aromatic carbocycles. The van der Waals surface area contributed by atoms with Gasteiger partial charge in [-0.25, -0.2) is 0 Å². The standard InChI is InChI=1S/C12H16O4/c1-9-4-3-5-10(6-9)16-8-12(2,15)7-11(13)14/h3-6,15H,7-8H2,1-2H3,(H,13,14). The molecule has 0 spiro atoms. The zero-order valence-electron chi connectivity index (χ0n) is 9.43. The molecule has 0 aliphatic rings. The number of aliphatic hydroxyl groups is 1. The van der Waals surface area contributed by atoms with Gasteiger partial charge in [0.1, 0.15) is 18.0 Å². The molecular weight excluding hydrogens is 208 g/mol. The molecule has 0 aliphatic carbocycles. The van der Waals surface area contributed by atoms with Gasteiger partial charge in [0.15, 0.2) is 0 Å². The molecule has 4 nitrogen and oxygen atoms in total. The van der Waals surface area contributed by atoms with E-state index in [1.807, 2.05) is 25.1 Å². The second kappa shape index (κ2) is 4.99. The van der Waals surface area contributed by atoms with Crippen LogP contribution in [0.2, 0.25) is 0 Å². The quantitative estimate of drug-likeness (QED) is 0.797. The molecule has 0 bridgehead atoms. The topological polar surface area (TPSA) is 66.8 Å². The summed E-state index contributed by atoms with van der Waals surface area (Å²) >= 11 is 0. The average Bonchev–Trinajstić information content (AvgIpc) is 2.13. The van der Waals surface area contributed by atoms with Crippen LogP contribution in [0.25, 0.3) is 0 Å². The molecule has 4 heteroatoms. The van der Waals surface area contributed by atoms with Crippen molar-refractivity contribution in [2.45, 2.75) is 25.9 Å². The Balaban J connectivity index is 2.54. The zero-order valence-corrected chi connectivity index (χ0v) is 9.43. The lowest BCUT2D eigenvalue weighted by molar-refractivity contribution is -0.143. The van der Waals surface area contributed by atoms with Crippen LogP contribution in [-0.2, 0) is 4.79 Å². The maximum Gasteiger partial charge on any atom is 0.306 e. The maximum absolute atomic E-state index is 10.5. The average molecular weight is 224 g/mol. The van der Waals surface area contributed by atoms with E-state index < -0.39 is 11.6 Å². The number of ether oxygens (including phenoxy) is 1. The largest absolute Gasteiger partial charge is 0.491 e. The third-order valence-corrected chi connectivity index (χ3v) is 2.07. The Kier molecular flexibility index (Phi) is 3.90. The summed E-state index contributed by atoms with van der Waals surface area (Å²) < 4.78 is 5.34. The van der Waals surface area contributed by atoms with Crippen molar-refractivity contribution < 1.29 is 19.7 Å². The second-order valence-corrected chi connectivity index (χ2v) is 4.17. The minimum Gasteiger partial charge on any atom is -0.491 e. The molecule has 0 aromatic heterocycles. The fourth-order valence-electron chi connectivity index (χ4n) is 1.32. The van der Waals surface area contributed by atoms with Gasteiger partial charge in [0, 0.05) is 0 Å². The maximum atomic E-state index is 10.5. The lowest BCUT2D eigenvalue weighted by Crippen LogP contribution is -2.34. The van der Waals surface area contributed by atoms with Gasteiger partial charge in [-0.1, -0.05) is 12.1 Å². The number of hydrogen-bond donors (Lipinski definition) is 2. The fraction of sp³-hybridized carbons (Fsp3) is 0.417. The van der Waals surface area contributed by atoms with E-state index >= 15 is 0 Å². The summed E-state index contributed by atoms with van der Waals surface area (Å²) in [6.45, 7) is 3.34.